The van der Waals surface area contributed by atoms with Gasteiger partial charge < -0.3 is 21.1 Å². The maximum Gasteiger partial charge on any atom is 0.387 e. The molecule has 0 bridgehead atoms. The Labute approximate surface area is 107 Å². The first-order chi connectivity index (χ1) is 8.88. The van der Waals surface area contributed by atoms with Gasteiger partial charge in [-0.15, -0.1) is 0 Å². The van der Waals surface area contributed by atoms with E-state index in [0.717, 1.165) is 0 Å². The van der Waals surface area contributed by atoms with Crippen molar-refractivity contribution < 1.29 is 23.1 Å². The molecule has 6 nitrogen and oxygen atoms in total. The molecule has 8 heteroatoms. The Kier molecular flexibility index (Phi) is 5.04. The molecule has 104 valence electrons. The fraction of sp³-hybridized carbons (Fsp3) is 0.273. The number of primary amides is 1. The van der Waals surface area contributed by atoms with Crippen molar-refractivity contribution in [3.8, 4) is 5.75 Å². The first-order valence-corrected chi connectivity index (χ1v) is 5.30. The van der Waals surface area contributed by atoms with Gasteiger partial charge in [0.15, 0.2) is 0 Å². The summed E-state index contributed by atoms with van der Waals surface area (Å²) in [6, 6.07) is 3.74. The highest BCUT2D eigenvalue weighted by molar-refractivity contribution is 5.96. The predicted molar refractivity (Wildman–Crippen MR) is 63.9 cm³/mol. The van der Waals surface area contributed by atoms with Crippen molar-refractivity contribution in [1.29, 1.82) is 0 Å². The summed E-state index contributed by atoms with van der Waals surface area (Å²) >= 11 is 0. The second-order valence-corrected chi connectivity index (χ2v) is 3.62. The minimum Gasteiger partial charge on any atom is -0.435 e. The monoisotopic (exact) mass is 273 g/mol. The van der Waals surface area contributed by atoms with Gasteiger partial charge in [0.1, 0.15) is 11.8 Å². The number of hydrogen-bond donors (Lipinski definition) is 3. The normalized spacial score (nSPS) is 11.8. The highest BCUT2D eigenvalue weighted by atomic mass is 19.3. The van der Waals surface area contributed by atoms with Crippen molar-refractivity contribution in [3.63, 3.8) is 0 Å². The zero-order valence-electron chi connectivity index (χ0n) is 10.0. The molecule has 0 saturated carbocycles. The quantitative estimate of drug-likeness (QED) is 0.754. The number of halogens is 2. The Morgan fingerprint density at radius 1 is 1.26 bits per heavy atom. The number of urea groups is 1. The minimum atomic E-state index is -2.90. The van der Waals surface area contributed by atoms with Crippen molar-refractivity contribution in [2.75, 3.05) is 5.32 Å². The van der Waals surface area contributed by atoms with Crippen LogP contribution in [-0.2, 0) is 4.79 Å². The van der Waals surface area contributed by atoms with E-state index in [0.29, 0.717) is 5.69 Å². The number of rotatable bonds is 5. The summed E-state index contributed by atoms with van der Waals surface area (Å²) < 4.78 is 28.0. The number of hydrogen-bond acceptors (Lipinski definition) is 3. The summed E-state index contributed by atoms with van der Waals surface area (Å²) in [7, 11) is 0. The van der Waals surface area contributed by atoms with Gasteiger partial charge in [-0.2, -0.15) is 8.78 Å². The Morgan fingerprint density at radius 2 is 1.84 bits per heavy atom. The second-order valence-electron chi connectivity index (χ2n) is 3.62. The SMILES string of the molecule is C[C@H](NC(N)=O)C(=O)Nc1ccc(OC(F)F)cc1. The first-order valence-electron chi connectivity index (χ1n) is 5.30. The molecule has 0 heterocycles. The molecule has 19 heavy (non-hydrogen) atoms. The van der Waals surface area contributed by atoms with Crippen LogP contribution in [0, 0.1) is 0 Å². The van der Waals surface area contributed by atoms with Crippen LogP contribution in [0.4, 0.5) is 19.3 Å². The number of carbonyl (C=O) groups excluding carboxylic acids is 2. The highest BCUT2D eigenvalue weighted by Gasteiger charge is 2.14. The standard InChI is InChI=1S/C11H13F2N3O3/c1-6(15-11(14)18)9(17)16-7-2-4-8(5-3-7)19-10(12)13/h2-6,10H,1H3,(H,16,17)(H3,14,15,18)/t6-/m0/s1. The van der Waals surface area contributed by atoms with Crippen LogP contribution in [0.1, 0.15) is 6.92 Å². The third kappa shape index (κ3) is 5.19. The lowest BCUT2D eigenvalue weighted by Gasteiger charge is -2.12. The van der Waals surface area contributed by atoms with Gasteiger partial charge in [-0.1, -0.05) is 0 Å². The van der Waals surface area contributed by atoms with Gasteiger partial charge in [0.2, 0.25) is 5.91 Å². The van der Waals surface area contributed by atoms with E-state index in [1.54, 1.807) is 0 Å². The smallest absolute Gasteiger partial charge is 0.387 e. The number of alkyl halides is 2. The topological polar surface area (TPSA) is 93.5 Å². The van der Waals surface area contributed by atoms with Crippen LogP contribution < -0.4 is 21.1 Å². The van der Waals surface area contributed by atoms with Crippen LogP contribution in [0.25, 0.3) is 0 Å². The van der Waals surface area contributed by atoms with Gasteiger partial charge >= 0.3 is 12.6 Å². The summed E-state index contributed by atoms with van der Waals surface area (Å²) in [5, 5.41) is 4.68. The molecule has 1 atom stereocenters. The predicted octanol–water partition coefficient (Wildman–Crippen LogP) is 1.28. The minimum absolute atomic E-state index is 0.0173. The fourth-order valence-electron chi connectivity index (χ4n) is 1.25. The molecule has 0 aliphatic carbocycles. The number of amides is 3. The first kappa shape index (κ1) is 14.7. The molecule has 0 unspecified atom stereocenters. The van der Waals surface area contributed by atoms with Crippen molar-refractivity contribution in [1.82, 2.24) is 5.32 Å². The number of anilines is 1. The largest absolute Gasteiger partial charge is 0.435 e. The Bertz CT molecular complexity index is 451. The van der Waals surface area contributed by atoms with Crippen LogP contribution in [-0.4, -0.2) is 24.6 Å². The average Bonchev–Trinajstić information content (AvgIpc) is 2.30. The zero-order chi connectivity index (χ0) is 14.4. The van der Waals surface area contributed by atoms with Crippen LogP contribution >= 0.6 is 0 Å². The summed E-state index contributed by atoms with van der Waals surface area (Å²) in [6.07, 6.45) is 0. The molecular weight excluding hydrogens is 260 g/mol. The number of benzene rings is 1. The van der Waals surface area contributed by atoms with Crippen LogP contribution in [0.3, 0.4) is 0 Å². The van der Waals surface area contributed by atoms with Gasteiger partial charge in [-0.3, -0.25) is 4.79 Å². The molecule has 0 radical (unpaired) electrons. The van der Waals surface area contributed by atoms with Crippen molar-refractivity contribution >= 4 is 17.6 Å². The second kappa shape index (κ2) is 6.53. The zero-order valence-corrected chi connectivity index (χ0v) is 10.0. The third-order valence-electron chi connectivity index (χ3n) is 2.10. The molecule has 0 fully saturated rings. The van der Waals surface area contributed by atoms with Gasteiger partial charge in [0, 0.05) is 5.69 Å². The van der Waals surface area contributed by atoms with E-state index in [9.17, 15) is 18.4 Å². The lowest BCUT2D eigenvalue weighted by Crippen LogP contribution is -2.44. The number of carbonyl (C=O) groups is 2. The van der Waals surface area contributed by atoms with Crippen LogP contribution in [0.2, 0.25) is 0 Å². The van der Waals surface area contributed by atoms with Crippen molar-refractivity contribution in [3.05, 3.63) is 24.3 Å². The molecule has 0 aliphatic heterocycles. The van der Waals surface area contributed by atoms with E-state index in [-0.39, 0.29) is 5.75 Å². The third-order valence-corrected chi connectivity index (χ3v) is 2.10. The van der Waals surface area contributed by atoms with Crippen molar-refractivity contribution in [2.45, 2.75) is 19.6 Å². The van der Waals surface area contributed by atoms with Gasteiger partial charge in [-0.25, -0.2) is 4.79 Å². The lowest BCUT2D eigenvalue weighted by molar-refractivity contribution is -0.117. The number of nitrogens with two attached hydrogens (primary N) is 1. The van der Waals surface area contributed by atoms with Gasteiger partial charge in [0.25, 0.3) is 0 Å². The molecule has 0 saturated heterocycles. The van der Waals surface area contributed by atoms with E-state index in [4.69, 9.17) is 5.73 Å². The maximum atomic E-state index is 11.9. The Balaban J connectivity index is 2.57. The van der Waals surface area contributed by atoms with E-state index in [1.807, 2.05) is 0 Å². The molecule has 1 rings (SSSR count). The van der Waals surface area contributed by atoms with Crippen LogP contribution in [0.5, 0.6) is 5.75 Å². The summed E-state index contributed by atoms with van der Waals surface area (Å²) in [6.45, 7) is -1.45. The average molecular weight is 273 g/mol. The van der Waals surface area contributed by atoms with Gasteiger partial charge in [-0.05, 0) is 31.2 Å². The highest BCUT2D eigenvalue weighted by Crippen LogP contribution is 2.17. The lowest BCUT2D eigenvalue weighted by atomic mass is 10.2. The molecule has 3 amide bonds. The Hall–Kier alpha value is -2.38. The number of nitrogens with one attached hydrogen (secondary N) is 2. The fourth-order valence-corrected chi connectivity index (χ4v) is 1.25. The molecule has 1 aromatic carbocycles. The molecule has 0 aromatic heterocycles. The molecule has 4 N–H and O–H groups in total. The maximum absolute atomic E-state index is 11.9. The van der Waals surface area contributed by atoms with E-state index < -0.39 is 24.6 Å². The van der Waals surface area contributed by atoms with Crippen LogP contribution in [0.15, 0.2) is 24.3 Å². The molecular formula is C11H13F2N3O3. The van der Waals surface area contributed by atoms with Crippen molar-refractivity contribution in [2.24, 2.45) is 5.73 Å². The molecule has 1 aromatic rings. The summed E-state index contributed by atoms with van der Waals surface area (Å²) in [4.78, 5) is 22.1. The van der Waals surface area contributed by atoms with E-state index in [1.165, 1.54) is 31.2 Å². The van der Waals surface area contributed by atoms with E-state index in [2.05, 4.69) is 15.4 Å². The number of ether oxygens (including phenoxy) is 1. The van der Waals surface area contributed by atoms with E-state index >= 15 is 0 Å². The summed E-state index contributed by atoms with van der Waals surface area (Å²) in [5.74, 6) is -0.502. The molecule has 0 spiro atoms. The Morgan fingerprint density at radius 3 is 2.32 bits per heavy atom. The molecule has 0 aliphatic rings. The summed E-state index contributed by atoms with van der Waals surface area (Å²) in [5.41, 5.74) is 5.25. The van der Waals surface area contributed by atoms with Gasteiger partial charge in [0.05, 0.1) is 0 Å².